The number of nitrogens with zero attached hydrogens (tertiary/aromatic N) is 2. The van der Waals surface area contributed by atoms with Crippen LogP contribution in [0.1, 0.15) is 55.9 Å². The molecule has 2 N–H and O–H groups in total. The molecule has 0 saturated heterocycles. The number of hydrogen-bond donors (Lipinski definition) is 2. The highest BCUT2D eigenvalue weighted by Crippen LogP contribution is 2.20. The zero-order valence-electron chi connectivity index (χ0n) is 14.9. The Morgan fingerprint density at radius 3 is 2.64 bits per heavy atom. The molecule has 0 bridgehead atoms. The molecular weight excluding hydrogens is 342 g/mol. The lowest BCUT2D eigenvalue weighted by Crippen LogP contribution is -2.39. The average Bonchev–Trinajstić information content (AvgIpc) is 3.02. The minimum absolute atomic E-state index is 0.347. The highest BCUT2D eigenvalue weighted by molar-refractivity contribution is 7.09. The Morgan fingerprint density at radius 1 is 1.28 bits per heavy atom. The molecular formula is C18H24F2N4S. The van der Waals surface area contributed by atoms with Gasteiger partial charge in [0.15, 0.2) is 5.96 Å². The molecule has 1 atom stereocenters. The fourth-order valence-corrected chi connectivity index (χ4v) is 3.10. The summed E-state index contributed by atoms with van der Waals surface area (Å²) in [5, 5.41) is 9.37. The maximum atomic E-state index is 13.9. The van der Waals surface area contributed by atoms with Crippen LogP contribution in [0.5, 0.6) is 0 Å². The smallest absolute Gasteiger partial charge is 0.192 e. The van der Waals surface area contributed by atoms with Gasteiger partial charge in [0.05, 0.1) is 23.3 Å². The van der Waals surface area contributed by atoms with Crippen molar-refractivity contribution >= 4 is 17.3 Å². The number of guanidine groups is 1. The zero-order valence-corrected chi connectivity index (χ0v) is 15.8. The van der Waals surface area contributed by atoms with E-state index in [2.05, 4.69) is 34.5 Å². The summed E-state index contributed by atoms with van der Waals surface area (Å²) in [6.45, 7) is 9.10. The average molecular weight is 366 g/mol. The Morgan fingerprint density at radius 2 is 2.04 bits per heavy atom. The van der Waals surface area contributed by atoms with Crippen LogP contribution in [0.25, 0.3) is 0 Å². The largest absolute Gasteiger partial charge is 0.357 e. The summed E-state index contributed by atoms with van der Waals surface area (Å²) in [6, 6.07) is 3.24. The molecule has 2 aromatic rings. The fraction of sp³-hybridized carbons (Fsp3) is 0.444. The molecule has 0 aliphatic carbocycles. The molecule has 0 aliphatic rings. The van der Waals surface area contributed by atoms with Gasteiger partial charge in [0.1, 0.15) is 11.6 Å². The number of benzene rings is 1. The van der Waals surface area contributed by atoms with Gasteiger partial charge in [-0.25, -0.2) is 18.8 Å². The van der Waals surface area contributed by atoms with Gasteiger partial charge in [-0.15, -0.1) is 11.3 Å². The normalized spacial score (nSPS) is 13.2. The van der Waals surface area contributed by atoms with Gasteiger partial charge in [0, 0.05) is 29.5 Å². The predicted octanol–water partition coefficient (Wildman–Crippen LogP) is 4.36. The number of nitrogens with one attached hydrogen (secondary N) is 2. The van der Waals surface area contributed by atoms with Crippen molar-refractivity contribution in [2.75, 3.05) is 6.54 Å². The zero-order chi connectivity index (χ0) is 18.4. The summed E-state index contributed by atoms with van der Waals surface area (Å²) in [5.74, 6) is -0.191. The molecule has 2 rings (SSSR count). The lowest BCUT2D eigenvalue weighted by Gasteiger charge is -2.18. The molecule has 0 spiro atoms. The Labute approximate surface area is 151 Å². The third-order valence-corrected chi connectivity index (χ3v) is 4.78. The Balaban J connectivity index is 2.08. The highest BCUT2D eigenvalue weighted by atomic mass is 32.1. The van der Waals surface area contributed by atoms with Crippen LogP contribution >= 0.6 is 11.3 Å². The van der Waals surface area contributed by atoms with Gasteiger partial charge in [-0.1, -0.05) is 19.9 Å². The first-order valence-electron chi connectivity index (χ1n) is 8.34. The van der Waals surface area contributed by atoms with Crippen LogP contribution in [0, 0.1) is 11.6 Å². The summed E-state index contributed by atoms with van der Waals surface area (Å²) in [4.78, 5) is 9.07. The van der Waals surface area contributed by atoms with E-state index in [4.69, 9.17) is 0 Å². The topological polar surface area (TPSA) is 49.3 Å². The van der Waals surface area contributed by atoms with Gasteiger partial charge in [-0.2, -0.15) is 0 Å². The quantitative estimate of drug-likeness (QED) is 0.590. The van der Waals surface area contributed by atoms with Gasteiger partial charge in [0.2, 0.25) is 0 Å². The van der Waals surface area contributed by atoms with Crippen molar-refractivity contribution in [2.45, 2.75) is 46.2 Å². The molecule has 1 aromatic heterocycles. The third-order valence-electron chi connectivity index (χ3n) is 3.59. The van der Waals surface area contributed by atoms with E-state index >= 15 is 0 Å². The first-order chi connectivity index (χ1) is 11.9. The molecule has 0 radical (unpaired) electrons. The number of halogens is 2. The van der Waals surface area contributed by atoms with Crippen molar-refractivity contribution < 1.29 is 8.78 Å². The van der Waals surface area contributed by atoms with E-state index in [9.17, 15) is 8.78 Å². The van der Waals surface area contributed by atoms with Crippen LogP contribution in [-0.2, 0) is 6.54 Å². The molecule has 1 heterocycles. The number of thiazole rings is 1. The van der Waals surface area contributed by atoms with Gasteiger partial charge < -0.3 is 10.6 Å². The van der Waals surface area contributed by atoms with Crippen molar-refractivity contribution in [2.24, 2.45) is 4.99 Å². The van der Waals surface area contributed by atoms with E-state index < -0.39 is 11.6 Å². The number of aromatic nitrogens is 1. The molecule has 1 unspecified atom stereocenters. The highest BCUT2D eigenvalue weighted by Gasteiger charge is 2.13. The first-order valence-corrected chi connectivity index (χ1v) is 9.22. The SMILES string of the molecule is CCNC(=NCc1csc(C(C)C)n1)NC(C)c1ccc(F)cc1F. The van der Waals surface area contributed by atoms with Crippen LogP contribution in [0.3, 0.4) is 0 Å². The molecule has 136 valence electrons. The van der Waals surface area contributed by atoms with Crippen LogP contribution in [0.15, 0.2) is 28.6 Å². The van der Waals surface area contributed by atoms with Gasteiger partial charge in [-0.3, -0.25) is 0 Å². The van der Waals surface area contributed by atoms with Crippen LogP contribution in [0.4, 0.5) is 8.78 Å². The van der Waals surface area contributed by atoms with Gasteiger partial charge in [-0.05, 0) is 19.9 Å². The van der Waals surface area contributed by atoms with Crippen molar-refractivity contribution in [3.63, 3.8) is 0 Å². The van der Waals surface area contributed by atoms with Gasteiger partial charge in [0.25, 0.3) is 0 Å². The lowest BCUT2D eigenvalue weighted by atomic mass is 10.1. The second-order valence-corrected chi connectivity index (χ2v) is 6.95. The van der Waals surface area contributed by atoms with E-state index in [0.29, 0.717) is 30.5 Å². The molecule has 25 heavy (non-hydrogen) atoms. The molecule has 4 nitrogen and oxygen atoms in total. The van der Waals surface area contributed by atoms with Gasteiger partial charge >= 0.3 is 0 Å². The Hall–Kier alpha value is -2.02. The molecule has 0 fully saturated rings. The maximum Gasteiger partial charge on any atom is 0.192 e. The van der Waals surface area contributed by atoms with E-state index in [1.807, 2.05) is 19.2 Å². The Bertz CT molecular complexity index is 728. The summed E-state index contributed by atoms with van der Waals surface area (Å²) < 4.78 is 27.0. The minimum atomic E-state index is -0.585. The van der Waals surface area contributed by atoms with Crippen LogP contribution < -0.4 is 10.6 Å². The minimum Gasteiger partial charge on any atom is -0.357 e. The molecule has 1 aromatic carbocycles. The number of rotatable bonds is 6. The molecule has 0 saturated carbocycles. The number of hydrogen-bond acceptors (Lipinski definition) is 3. The second kappa shape index (κ2) is 8.89. The van der Waals surface area contributed by atoms with E-state index in [1.54, 1.807) is 11.3 Å². The first kappa shape index (κ1) is 19.3. The maximum absolute atomic E-state index is 13.9. The Kier molecular flexibility index (Phi) is 6.87. The summed E-state index contributed by atoms with van der Waals surface area (Å²) in [6.07, 6.45) is 0. The molecule has 0 aliphatic heterocycles. The van der Waals surface area contributed by atoms with Crippen LogP contribution in [0.2, 0.25) is 0 Å². The fourth-order valence-electron chi connectivity index (χ4n) is 2.28. The van der Waals surface area contributed by atoms with Crippen molar-refractivity contribution in [3.05, 3.63) is 51.5 Å². The summed E-state index contributed by atoms with van der Waals surface area (Å²) >= 11 is 1.63. The molecule has 7 heteroatoms. The molecule has 0 amide bonds. The van der Waals surface area contributed by atoms with Crippen molar-refractivity contribution in [1.29, 1.82) is 0 Å². The standard InChI is InChI=1S/C18H24F2N4S/c1-5-21-18(22-9-14-10-25-17(24-14)11(2)3)23-12(4)15-7-6-13(19)8-16(15)20/h6-8,10-12H,5,9H2,1-4H3,(H2,21,22,23). The van der Waals surface area contributed by atoms with E-state index in [1.165, 1.54) is 12.1 Å². The van der Waals surface area contributed by atoms with Crippen molar-refractivity contribution in [3.8, 4) is 0 Å². The third kappa shape index (κ3) is 5.49. The number of aliphatic imine (C=N–C) groups is 1. The van der Waals surface area contributed by atoms with Crippen molar-refractivity contribution in [1.82, 2.24) is 15.6 Å². The monoisotopic (exact) mass is 366 g/mol. The van der Waals surface area contributed by atoms with Crippen LogP contribution in [-0.4, -0.2) is 17.5 Å². The van der Waals surface area contributed by atoms with E-state index in [0.717, 1.165) is 16.8 Å². The summed E-state index contributed by atoms with van der Waals surface area (Å²) in [5.41, 5.74) is 1.30. The lowest BCUT2D eigenvalue weighted by molar-refractivity contribution is 0.551. The summed E-state index contributed by atoms with van der Waals surface area (Å²) in [7, 11) is 0. The van der Waals surface area contributed by atoms with E-state index in [-0.39, 0.29) is 6.04 Å². The predicted molar refractivity (Wildman–Crippen MR) is 98.9 cm³/mol. The second-order valence-electron chi connectivity index (χ2n) is 6.06.